The molecule has 6 heteroatoms. The van der Waals surface area contributed by atoms with Gasteiger partial charge in [0.1, 0.15) is 0 Å². The zero-order chi connectivity index (χ0) is 18.6. The van der Waals surface area contributed by atoms with Gasteiger partial charge in [0, 0.05) is 50.0 Å². The van der Waals surface area contributed by atoms with Crippen molar-refractivity contribution in [1.29, 1.82) is 0 Å². The molecule has 1 amide bonds. The molecule has 1 fully saturated rings. The smallest absolute Gasteiger partial charge is 0.253 e. The Bertz CT molecular complexity index is 870. The summed E-state index contributed by atoms with van der Waals surface area (Å²) >= 11 is 0. The van der Waals surface area contributed by atoms with Crippen LogP contribution in [0.2, 0.25) is 0 Å². The van der Waals surface area contributed by atoms with Crippen molar-refractivity contribution in [2.75, 3.05) is 39.4 Å². The summed E-state index contributed by atoms with van der Waals surface area (Å²) in [5.41, 5.74) is 3.14. The molecule has 0 unspecified atom stereocenters. The van der Waals surface area contributed by atoms with Gasteiger partial charge in [0.05, 0.1) is 18.8 Å². The van der Waals surface area contributed by atoms with Gasteiger partial charge in [-0.3, -0.25) is 14.5 Å². The van der Waals surface area contributed by atoms with Crippen LogP contribution in [0.1, 0.15) is 22.5 Å². The summed E-state index contributed by atoms with van der Waals surface area (Å²) in [6.07, 6.45) is 1.67. The van der Waals surface area contributed by atoms with E-state index >= 15 is 0 Å². The Morgan fingerprint density at radius 2 is 1.89 bits per heavy atom. The number of nitrogens with one attached hydrogen (secondary N) is 1. The molecule has 1 aromatic heterocycles. The molecule has 2 aliphatic heterocycles. The fraction of sp³-hybridized carbons (Fsp3) is 0.429. The van der Waals surface area contributed by atoms with E-state index in [-0.39, 0.29) is 11.5 Å². The van der Waals surface area contributed by atoms with E-state index in [1.807, 2.05) is 30.3 Å². The molecule has 142 valence electrons. The molecule has 2 aliphatic rings. The van der Waals surface area contributed by atoms with Crippen LogP contribution in [0.25, 0.3) is 11.1 Å². The fourth-order valence-electron chi connectivity index (χ4n) is 3.95. The summed E-state index contributed by atoms with van der Waals surface area (Å²) in [5.74, 6) is -0.0900. The third kappa shape index (κ3) is 3.82. The molecule has 1 saturated heterocycles. The van der Waals surface area contributed by atoms with Crippen molar-refractivity contribution in [1.82, 2.24) is 14.8 Å². The van der Waals surface area contributed by atoms with Crippen molar-refractivity contribution < 1.29 is 9.53 Å². The highest BCUT2D eigenvalue weighted by molar-refractivity contribution is 6.02. The van der Waals surface area contributed by atoms with Crippen LogP contribution in [0.5, 0.6) is 0 Å². The quantitative estimate of drug-likeness (QED) is 0.870. The van der Waals surface area contributed by atoms with Crippen LogP contribution in [0.15, 0.2) is 41.2 Å². The standard InChI is InChI=1S/C21H25N3O3/c25-19-15-17(16-5-2-1-3-6-16)20(18-7-4-9-24(18)19)21(26)22-8-10-23-11-13-27-14-12-23/h1-3,5-6,15H,4,7-14H2,(H,22,26). The summed E-state index contributed by atoms with van der Waals surface area (Å²) in [6.45, 7) is 5.40. The van der Waals surface area contributed by atoms with Crippen LogP contribution >= 0.6 is 0 Å². The molecule has 27 heavy (non-hydrogen) atoms. The van der Waals surface area contributed by atoms with Gasteiger partial charge >= 0.3 is 0 Å². The Hall–Kier alpha value is -2.44. The monoisotopic (exact) mass is 367 g/mol. The lowest BCUT2D eigenvalue weighted by atomic mass is 9.97. The van der Waals surface area contributed by atoms with E-state index in [0.717, 1.165) is 62.5 Å². The maximum atomic E-state index is 13.1. The van der Waals surface area contributed by atoms with Crippen molar-refractivity contribution in [2.24, 2.45) is 0 Å². The molecule has 4 rings (SSSR count). The second-order valence-electron chi connectivity index (χ2n) is 7.05. The molecular weight excluding hydrogens is 342 g/mol. The van der Waals surface area contributed by atoms with Crippen molar-refractivity contribution >= 4 is 5.91 Å². The first-order valence-corrected chi connectivity index (χ1v) is 9.64. The first kappa shape index (κ1) is 17.9. The average molecular weight is 367 g/mol. The van der Waals surface area contributed by atoms with E-state index in [1.54, 1.807) is 10.6 Å². The molecule has 0 atom stereocenters. The summed E-state index contributed by atoms with van der Waals surface area (Å²) in [6, 6.07) is 11.3. The normalized spacial score (nSPS) is 16.9. The van der Waals surface area contributed by atoms with E-state index in [1.165, 1.54) is 0 Å². The highest BCUT2D eigenvalue weighted by atomic mass is 16.5. The third-order valence-electron chi connectivity index (χ3n) is 5.34. The number of carbonyl (C=O) groups excluding carboxylic acids is 1. The van der Waals surface area contributed by atoms with Crippen molar-refractivity contribution in [3.8, 4) is 11.1 Å². The van der Waals surface area contributed by atoms with Crippen LogP contribution in [0.3, 0.4) is 0 Å². The summed E-state index contributed by atoms with van der Waals surface area (Å²) in [4.78, 5) is 27.9. The fourth-order valence-corrected chi connectivity index (χ4v) is 3.95. The molecule has 6 nitrogen and oxygen atoms in total. The first-order chi connectivity index (χ1) is 13.2. The number of hydrogen-bond donors (Lipinski definition) is 1. The number of carbonyl (C=O) groups is 1. The topological polar surface area (TPSA) is 63.6 Å². The van der Waals surface area contributed by atoms with Crippen LogP contribution < -0.4 is 10.9 Å². The van der Waals surface area contributed by atoms with Crippen molar-refractivity contribution in [3.05, 3.63) is 58.0 Å². The van der Waals surface area contributed by atoms with Gasteiger partial charge in [0.2, 0.25) is 0 Å². The molecule has 0 bridgehead atoms. The molecule has 0 saturated carbocycles. The predicted molar refractivity (Wildman–Crippen MR) is 104 cm³/mol. The van der Waals surface area contributed by atoms with Gasteiger partial charge in [-0.15, -0.1) is 0 Å². The Kier molecular flexibility index (Phi) is 5.36. The average Bonchev–Trinajstić information content (AvgIpc) is 3.19. The van der Waals surface area contributed by atoms with E-state index in [2.05, 4.69) is 10.2 Å². The number of aromatic nitrogens is 1. The Labute approximate surface area is 158 Å². The van der Waals surface area contributed by atoms with Gasteiger partial charge in [-0.2, -0.15) is 0 Å². The Morgan fingerprint density at radius 3 is 2.67 bits per heavy atom. The van der Waals surface area contributed by atoms with E-state index < -0.39 is 0 Å². The number of benzene rings is 1. The van der Waals surface area contributed by atoms with Gasteiger partial charge in [-0.05, 0) is 18.4 Å². The van der Waals surface area contributed by atoms with E-state index in [4.69, 9.17) is 4.74 Å². The zero-order valence-corrected chi connectivity index (χ0v) is 15.4. The molecule has 3 heterocycles. The highest BCUT2D eigenvalue weighted by Gasteiger charge is 2.25. The number of pyridine rings is 1. The van der Waals surface area contributed by atoms with E-state index in [0.29, 0.717) is 18.7 Å². The predicted octanol–water partition coefficient (Wildman–Crippen LogP) is 1.52. The van der Waals surface area contributed by atoms with Gasteiger partial charge < -0.3 is 14.6 Å². The lowest BCUT2D eigenvalue weighted by Gasteiger charge is -2.26. The minimum Gasteiger partial charge on any atom is -0.379 e. The summed E-state index contributed by atoms with van der Waals surface area (Å²) in [7, 11) is 0. The number of morpholine rings is 1. The summed E-state index contributed by atoms with van der Waals surface area (Å²) < 4.78 is 7.11. The van der Waals surface area contributed by atoms with E-state index in [9.17, 15) is 9.59 Å². The number of nitrogens with zero attached hydrogens (tertiary/aromatic N) is 2. The zero-order valence-electron chi connectivity index (χ0n) is 15.4. The number of rotatable bonds is 5. The molecule has 1 N–H and O–H groups in total. The molecule has 2 aromatic rings. The van der Waals surface area contributed by atoms with Crippen molar-refractivity contribution in [2.45, 2.75) is 19.4 Å². The van der Waals surface area contributed by atoms with Crippen LogP contribution in [-0.2, 0) is 17.7 Å². The minimum absolute atomic E-state index is 0.0220. The largest absolute Gasteiger partial charge is 0.379 e. The molecule has 1 aromatic carbocycles. The highest BCUT2D eigenvalue weighted by Crippen LogP contribution is 2.28. The minimum atomic E-state index is -0.0900. The lowest BCUT2D eigenvalue weighted by Crippen LogP contribution is -2.41. The second-order valence-corrected chi connectivity index (χ2v) is 7.05. The van der Waals surface area contributed by atoms with Gasteiger partial charge in [-0.1, -0.05) is 30.3 Å². The van der Waals surface area contributed by atoms with Gasteiger partial charge in [-0.25, -0.2) is 0 Å². The number of fused-ring (bicyclic) bond motifs is 1. The van der Waals surface area contributed by atoms with Gasteiger partial charge in [0.15, 0.2) is 0 Å². The SMILES string of the molecule is O=C(NCCN1CCOCC1)c1c(-c2ccccc2)cc(=O)n2c1CCC2. The molecule has 0 aliphatic carbocycles. The number of hydrogen-bond acceptors (Lipinski definition) is 4. The molecular formula is C21H25N3O3. The maximum absolute atomic E-state index is 13.1. The third-order valence-corrected chi connectivity index (χ3v) is 5.34. The molecule has 0 spiro atoms. The summed E-state index contributed by atoms with van der Waals surface area (Å²) in [5, 5.41) is 3.07. The lowest BCUT2D eigenvalue weighted by molar-refractivity contribution is 0.0383. The first-order valence-electron chi connectivity index (χ1n) is 9.64. The molecule has 0 radical (unpaired) electrons. The Morgan fingerprint density at radius 1 is 1.11 bits per heavy atom. The number of amides is 1. The van der Waals surface area contributed by atoms with Gasteiger partial charge in [0.25, 0.3) is 11.5 Å². The van der Waals surface area contributed by atoms with Crippen molar-refractivity contribution in [3.63, 3.8) is 0 Å². The van der Waals surface area contributed by atoms with Crippen LogP contribution in [0.4, 0.5) is 0 Å². The number of ether oxygens (including phenoxy) is 1. The maximum Gasteiger partial charge on any atom is 0.253 e. The Balaban J connectivity index is 1.59. The van der Waals surface area contributed by atoms with Crippen LogP contribution in [0, 0.1) is 0 Å². The van der Waals surface area contributed by atoms with Crippen LogP contribution in [-0.4, -0.2) is 54.8 Å². The second kappa shape index (κ2) is 8.06.